The number of carbonyl (C=O) groups excluding carboxylic acids is 2. The summed E-state index contributed by atoms with van der Waals surface area (Å²) in [4.78, 5) is 38.3. The Morgan fingerprint density at radius 3 is 2.45 bits per heavy atom. The van der Waals surface area contributed by atoms with Gasteiger partial charge >= 0.3 is 5.97 Å². The molecule has 0 fully saturated rings. The summed E-state index contributed by atoms with van der Waals surface area (Å²) >= 11 is 3.40. The lowest BCUT2D eigenvalue weighted by Crippen LogP contribution is -2.43. The van der Waals surface area contributed by atoms with E-state index in [2.05, 4.69) is 21.2 Å². The highest BCUT2D eigenvalue weighted by molar-refractivity contribution is 9.10. The molecule has 2 aromatic carbocycles. The summed E-state index contributed by atoms with van der Waals surface area (Å²) in [6.07, 6.45) is 1.54. The van der Waals surface area contributed by atoms with Crippen molar-refractivity contribution in [2.45, 2.75) is 45.9 Å². The van der Waals surface area contributed by atoms with E-state index in [9.17, 15) is 14.4 Å². The fraction of sp³-hybridized carbons (Fsp3) is 0.292. The molecular weight excluding hydrogens is 460 g/mol. The van der Waals surface area contributed by atoms with E-state index in [-0.39, 0.29) is 5.56 Å². The monoisotopic (exact) mass is 484 g/mol. The topological polar surface area (TPSA) is 77.4 Å². The molecule has 0 saturated carbocycles. The summed E-state index contributed by atoms with van der Waals surface area (Å²) in [5.41, 5.74) is 0.650. The van der Waals surface area contributed by atoms with E-state index in [1.807, 2.05) is 47.0 Å². The van der Waals surface area contributed by atoms with Crippen molar-refractivity contribution in [1.82, 2.24) is 9.88 Å². The van der Waals surface area contributed by atoms with Crippen LogP contribution in [0.15, 0.2) is 64.0 Å². The Hall–Kier alpha value is -2.93. The molecule has 0 aliphatic carbocycles. The highest BCUT2D eigenvalue weighted by Crippen LogP contribution is 2.19. The molecule has 162 valence electrons. The van der Waals surface area contributed by atoms with Gasteiger partial charge in [-0.15, -0.1) is 0 Å². The third-order valence-electron chi connectivity index (χ3n) is 4.59. The lowest BCUT2D eigenvalue weighted by Gasteiger charge is -2.22. The number of nitrogens with one attached hydrogen (secondary N) is 1. The van der Waals surface area contributed by atoms with Crippen LogP contribution in [0.4, 0.5) is 0 Å². The first-order chi connectivity index (χ1) is 14.5. The number of hydrogen-bond donors (Lipinski definition) is 1. The maximum Gasteiger partial charge on any atom is 0.328 e. The van der Waals surface area contributed by atoms with Gasteiger partial charge in [-0.2, -0.15) is 0 Å². The summed E-state index contributed by atoms with van der Waals surface area (Å²) in [5, 5.41) is 3.01. The van der Waals surface area contributed by atoms with Crippen LogP contribution in [0.25, 0.3) is 10.9 Å². The van der Waals surface area contributed by atoms with Crippen LogP contribution in [-0.4, -0.2) is 28.1 Å². The molecule has 0 radical (unpaired) electrons. The molecule has 3 aromatic rings. The first-order valence-corrected chi connectivity index (χ1v) is 10.7. The van der Waals surface area contributed by atoms with E-state index in [4.69, 9.17) is 4.74 Å². The number of benzene rings is 2. The predicted molar refractivity (Wildman–Crippen MR) is 124 cm³/mol. The Labute approximate surface area is 189 Å². The molecule has 0 bridgehead atoms. The number of hydrogen-bond acceptors (Lipinski definition) is 4. The van der Waals surface area contributed by atoms with Gasteiger partial charge in [0.1, 0.15) is 17.2 Å². The summed E-state index contributed by atoms with van der Waals surface area (Å²) in [7, 11) is 0. The number of nitrogens with zero attached hydrogens (tertiary/aromatic N) is 1. The molecule has 6 nitrogen and oxygen atoms in total. The number of amides is 1. The third-order valence-corrected chi connectivity index (χ3v) is 5.08. The Morgan fingerprint density at radius 1 is 1.13 bits per heavy atom. The van der Waals surface area contributed by atoms with Gasteiger partial charge in [0, 0.05) is 22.6 Å². The second-order valence-electron chi connectivity index (χ2n) is 8.38. The van der Waals surface area contributed by atoms with Crippen LogP contribution >= 0.6 is 15.9 Å². The largest absolute Gasteiger partial charge is 0.458 e. The summed E-state index contributed by atoms with van der Waals surface area (Å²) in [6.45, 7) is 7.28. The van der Waals surface area contributed by atoms with Gasteiger partial charge in [0.25, 0.3) is 5.91 Å². The van der Waals surface area contributed by atoms with Gasteiger partial charge in [-0.1, -0.05) is 46.3 Å². The van der Waals surface area contributed by atoms with Gasteiger partial charge in [0.2, 0.25) is 5.43 Å². The minimum Gasteiger partial charge on any atom is -0.458 e. The van der Waals surface area contributed by atoms with Gasteiger partial charge in [-0.3, -0.25) is 9.59 Å². The fourth-order valence-electron chi connectivity index (χ4n) is 3.17. The van der Waals surface area contributed by atoms with Crippen molar-refractivity contribution >= 4 is 38.7 Å². The molecule has 1 heterocycles. The molecular formula is C24H25BrN2O4. The molecule has 1 N–H and O–H groups in total. The van der Waals surface area contributed by atoms with E-state index in [0.29, 0.717) is 17.4 Å². The SMILES string of the molecule is C[C@H](NC(=O)c1cn(Cc2ccccc2)c2ccc(Br)cc2c1=O)C(=O)OC(C)(C)C. The minimum atomic E-state index is -0.896. The zero-order valence-electron chi connectivity index (χ0n) is 17.9. The van der Waals surface area contributed by atoms with Gasteiger partial charge < -0.3 is 14.6 Å². The maximum atomic E-state index is 13.1. The molecule has 0 saturated heterocycles. The number of fused-ring (bicyclic) bond motifs is 1. The predicted octanol–water partition coefficient (Wildman–Crippen LogP) is 4.27. The Balaban J connectivity index is 1.99. The molecule has 3 rings (SSSR count). The summed E-state index contributed by atoms with van der Waals surface area (Å²) in [5.74, 6) is -1.18. The molecule has 0 aliphatic rings. The molecule has 0 spiro atoms. The van der Waals surface area contributed by atoms with Crippen molar-refractivity contribution in [2.24, 2.45) is 0 Å². The molecule has 0 unspecified atom stereocenters. The fourth-order valence-corrected chi connectivity index (χ4v) is 3.53. The Kier molecular flexibility index (Phi) is 6.65. The zero-order valence-corrected chi connectivity index (χ0v) is 19.5. The number of carbonyl (C=O) groups is 2. The van der Waals surface area contributed by atoms with Crippen molar-refractivity contribution in [3.8, 4) is 0 Å². The number of halogens is 1. The van der Waals surface area contributed by atoms with E-state index in [0.717, 1.165) is 10.0 Å². The van der Waals surface area contributed by atoms with E-state index in [1.54, 1.807) is 33.0 Å². The van der Waals surface area contributed by atoms with Crippen molar-refractivity contribution < 1.29 is 14.3 Å². The number of ether oxygens (including phenoxy) is 1. The Morgan fingerprint density at radius 2 is 1.81 bits per heavy atom. The lowest BCUT2D eigenvalue weighted by atomic mass is 10.1. The van der Waals surface area contributed by atoms with Crippen LogP contribution in [0.2, 0.25) is 0 Å². The van der Waals surface area contributed by atoms with Crippen LogP contribution < -0.4 is 10.7 Å². The van der Waals surface area contributed by atoms with E-state index in [1.165, 1.54) is 6.92 Å². The van der Waals surface area contributed by atoms with E-state index >= 15 is 0 Å². The quantitative estimate of drug-likeness (QED) is 0.548. The van der Waals surface area contributed by atoms with Gasteiger partial charge in [0.15, 0.2) is 0 Å². The maximum absolute atomic E-state index is 13.1. The Bertz CT molecular complexity index is 1180. The van der Waals surface area contributed by atoms with Crippen LogP contribution in [0.5, 0.6) is 0 Å². The van der Waals surface area contributed by atoms with Gasteiger partial charge in [-0.05, 0) is 51.5 Å². The number of pyridine rings is 1. The van der Waals surface area contributed by atoms with Crippen LogP contribution in [0, 0.1) is 0 Å². The molecule has 31 heavy (non-hydrogen) atoms. The summed E-state index contributed by atoms with van der Waals surface area (Å²) in [6, 6.07) is 14.3. The standard InChI is InChI=1S/C24H25BrN2O4/c1-15(23(30)31-24(2,3)4)26-22(29)19-14-27(13-16-8-6-5-7-9-16)20-11-10-17(25)12-18(20)21(19)28/h5-12,14-15H,13H2,1-4H3,(H,26,29)/t15-/m0/s1. The smallest absolute Gasteiger partial charge is 0.328 e. The highest BCUT2D eigenvalue weighted by Gasteiger charge is 2.25. The highest BCUT2D eigenvalue weighted by atomic mass is 79.9. The average Bonchev–Trinajstić information content (AvgIpc) is 2.69. The first kappa shape index (κ1) is 22.7. The average molecular weight is 485 g/mol. The normalized spacial score (nSPS) is 12.4. The molecule has 1 aromatic heterocycles. The van der Waals surface area contributed by atoms with Crippen molar-refractivity contribution in [1.29, 1.82) is 0 Å². The number of rotatable bonds is 5. The minimum absolute atomic E-state index is 0.0306. The van der Waals surface area contributed by atoms with Crippen molar-refractivity contribution in [3.63, 3.8) is 0 Å². The van der Waals surface area contributed by atoms with Gasteiger partial charge in [-0.25, -0.2) is 4.79 Å². The molecule has 7 heteroatoms. The lowest BCUT2D eigenvalue weighted by molar-refractivity contribution is -0.156. The second kappa shape index (κ2) is 9.06. The van der Waals surface area contributed by atoms with E-state index < -0.39 is 28.9 Å². The molecule has 1 amide bonds. The van der Waals surface area contributed by atoms with Crippen LogP contribution in [0.3, 0.4) is 0 Å². The first-order valence-electron chi connectivity index (χ1n) is 9.95. The van der Waals surface area contributed by atoms with Crippen LogP contribution in [-0.2, 0) is 16.1 Å². The second-order valence-corrected chi connectivity index (χ2v) is 9.29. The molecule has 0 aliphatic heterocycles. The van der Waals surface area contributed by atoms with Gasteiger partial charge in [0.05, 0.1) is 5.52 Å². The number of aromatic nitrogens is 1. The zero-order chi connectivity index (χ0) is 22.8. The third kappa shape index (κ3) is 5.61. The van der Waals surface area contributed by atoms with Crippen molar-refractivity contribution in [2.75, 3.05) is 0 Å². The number of esters is 1. The summed E-state index contributed by atoms with van der Waals surface area (Å²) < 4.78 is 7.92. The van der Waals surface area contributed by atoms with Crippen molar-refractivity contribution in [3.05, 3.63) is 80.6 Å². The molecule has 1 atom stereocenters. The van der Waals surface area contributed by atoms with Crippen LogP contribution in [0.1, 0.15) is 43.6 Å².